The van der Waals surface area contributed by atoms with Gasteiger partial charge < -0.3 is 5.73 Å². The van der Waals surface area contributed by atoms with Gasteiger partial charge in [0.25, 0.3) is 0 Å². The molecule has 2 saturated carbocycles. The Hall–Kier alpha value is -0.900. The topological polar surface area (TPSA) is 63.4 Å². The molecule has 2 N–H and O–H groups in total. The summed E-state index contributed by atoms with van der Waals surface area (Å²) in [5.74, 6) is 0.217. The van der Waals surface area contributed by atoms with Crippen LogP contribution < -0.4 is 5.73 Å². The number of amides is 2. The maximum Gasteiger partial charge on any atom is 0.233 e. The number of rotatable bonds is 4. The largest absolute Gasteiger partial charge is 0.330 e. The number of nitrogens with two attached hydrogens (primary N) is 1. The standard InChI is InChI=1S/C13H20N2O2/c14-7-6-13(4-5-13)8-15-11(16)9-2-1-3-10(9)12(15)17/h9-10H,1-8,14H2. The van der Waals surface area contributed by atoms with Crippen LogP contribution in [0.4, 0.5) is 0 Å². The second-order valence-corrected chi connectivity index (χ2v) is 5.95. The quantitative estimate of drug-likeness (QED) is 0.738. The summed E-state index contributed by atoms with van der Waals surface area (Å²) in [7, 11) is 0. The van der Waals surface area contributed by atoms with Gasteiger partial charge in [-0.25, -0.2) is 0 Å². The summed E-state index contributed by atoms with van der Waals surface area (Å²) in [5, 5.41) is 0. The van der Waals surface area contributed by atoms with E-state index in [0.717, 1.165) is 38.5 Å². The van der Waals surface area contributed by atoms with Crippen molar-refractivity contribution in [3.63, 3.8) is 0 Å². The third-order valence-electron chi connectivity index (χ3n) is 4.81. The van der Waals surface area contributed by atoms with Gasteiger partial charge in [-0.15, -0.1) is 0 Å². The van der Waals surface area contributed by atoms with Crippen LogP contribution in [0.3, 0.4) is 0 Å². The second kappa shape index (κ2) is 3.80. The Kier molecular flexibility index (Phi) is 2.51. The molecule has 4 heteroatoms. The minimum atomic E-state index is 0.0103. The third-order valence-corrected chi connectivity index (χ3v) is 4.81. The van der Waals surface area contributed by atoms with E-state index in [-0.39, 0.29) is 29.1 Å². The summed E-state index contributed by atoms with van der Waals surface area (Å²) in [6, 6.07) is 0. The van der Waals surface area contributed by atoms with Gasteiger partial charge in [-0.3, -0.25) is 14.5 Å². The van der Waals surface area contributed by atoms with Crippen molar-refractivity contribution in [1.82, 2.24) is 4.90 Å². The summed E-state index contributed by atoms with van der Waals surface area (Å²) in [4.78, 5) is 25.9. The highest BCUT2D eigenvalue weighted by atomic mass is 16.2. The van der Waals surface area contributed by atoms with E-state index in [4.69, 9.17) is 5.73 Å². The monoisotopic (exact) mass is 236 g/mol. The van der Waals surface area contributed by atoms with Crippen LogP contribution >= 0.6 is 0 Å². The maximum atomic E-state index is 12.2. The van der Waals surface area contributed by atoms with Crippen molar-refractivity contribution < 1.29 is 9.59 Å². The highest BCUT2D eigenvalue weighted by molar-refractivity contribution is 6.05. The molecule has 1 aliphatic heterocycles. The molecule has 4 nitrogen and oxygen atoms in total. The van der Waals surface area contributed by atoms with Crippen LogP contribution in [-0.4, -0.2) is 29.8 Å². The molecule has 2 aliphatic carbocycles. The third kappa shape index (κ3) is 1.69. The zero-order valence-electron chi connectivity index (χ0n) is 10.2. The Morgan fingerprint density at radius 3 is 2.24 bits per heavy atom. The average Bonchev–Trinajstić information content (AvgIpc) is 2.83. The van der Waals surface area contributed by atoms with E-state index in [1.165, 1.54) is 0 Å². The fraction of sp³-hybridized carbons (Fsp3) is 0.846. The lowest BCUT2D eigenvalue weighted by Gasteiger charge is -2.22. The lowest BCUT2D eigenvalue weighted by atomic mass is 10.00. The van der Waals surface area contributed by atoms with E-state index >= 15 is 0 Å². The van der Waals surface area contributed by atoms with Crippen molar-refractivity contribution in [2.45, 2.75) is 38.5 Å². The molecule has 1 saturated heterocycles. The Balaban J connectivity index is 1.72. The fourth-order valence-electron chi connectivity index (χ4n) is 3.52. The first-order valence-electron chi connectivity index (χ1n) is 6.72. The molecule has 0 radical (unpaired) electrons. The lowest BCUT2D eigenvalue weighted by molar-refractivity contribution is -0.141. The normalized spacial score (nSPS) is 34.3. The van der Waals surface area contributed by atoms with Gasteiger partial charge in [0.2, 0.25) is 11.8 Å². The van der Waals surface area contributed by atoms with Gasteiger partial charge >= 0.3 is 0 Å². The summed E-state index contributed by atoms with van der Waals surface area (Å²) >= 11 is 0. The summed E-state index contributed by atoms with van der Waals surface area (Å²) in [6.07, 6.45) is 6.05. The maximum absolute atomic E-state index is 12.2. The predicted octanol–water partition coefficient (Wildman–Crippen LogP) is 0.900. The van der Waals surface area contributed by atoms with Crippen molar-refractivity contribution in [2.75, 3.05) is 13.1 Å². The first kappa shape index (κ1) is 11.2. The van der Waals surface area contributed by atoms with E-state index in [1.54, 1.807) is 4.90 Å². The number of hydrogen-bond acceptors (Lipinski definition) is 3. The number of hydrogen-bond donors (Lipinski definition) is 1. The molecule has 0 bridgehead atoms. The minimum Gasteiger partial charge on any atom is -0.330 e. The van der Waals surface area contributed by atoms with Crippen LogP contribution in [-0.2, 0) is 9.59 Å². The molecule has 3 aliphatic rings. The van der Waals surface area contributed by atoms with Gasteiger partial charge in [0.05, 0.1) is 11.8 Å². The summed E-state index contributed by atoms with van der Waals surface area (Å²) in [5.41, 5.74) is 5.78. The Morgan fingerprint density at radius 2 is 1.76 bits per heavy atom. The average molecular weight is 236 g/mol. The first-order chi connectivity index (χ1) is 8.17. The molecule has 2 amide bonds. The van der Waals surface area contributed by atoms with Gasteiger partial charge in [-0.05, 0) is 44.1 Å². The molecule has 94 valence electrons. The van der Waals surface area contributed by atoms with E-state index in [0.29, 0.717) is 13.1 Å². The highest BCUT2D eigenvalue weighted by Gasteiger charge is 2.53. The van der Waals surface area contributed by atoms with Gasteiger partial charge in [-0.2, -0.15) is 0 Å². The summed E-state index contributed by atoms with van der Waals surface area (Å²) < 4.78 is 0. The molecule has 1 heterocycles. The fourth-order valence-corrected chi connectivity index (χ4v) is 3.52. The Morgan fingerprint density at radius 1 is 1.18 bits per heavy atom. The van der Waals surface area contributed by atoms with Crippen LogP contribution in [0.1, 0.15) is 38.5 Å². The molecule has 3 fully saturated rings. The number of likely N-dealkylation sites (tertiary alicyclic amines) is 1. The molecule has 0 aromatic carbocycles. The van der Waals surface area contributed by atoms with Gasteiger partial charge in [-0.1, -0.05) is 6.42 Å². The number of carbonyl (C=O) groups is 2. The molecular formula is C13H20N2O2. The van der Waals surface area contributed by atoms with E-state index in [9.17, 15) is 9.59 Å². The minimum absolute atomic E-state index is 0.0103. The number of imide groups is 1. The van der Waals surface area contributed by atoms with E-state index in [1.807, 2.05) is 0 Å². The predicted molar refractivity (Wildman–Crippen MR) is 62.9 cm³/mol. The number of carbonyl (C=O) groups excluding carboxylic acids is 2. The molecule has 2 atom stereocenters. The molecule has 2 unspecified atom stereocenters. The van der Waals surface area contributed by atoms with Crippen molar-refractivity contribution in [1.29, 1.82) is 0 Å². The van der Waals surface area contributed by atoms with Gasteiger partial charge in [0.15, 0.2) is 0 Å². The number of fused-ring (bicyclic) bond motifs is 1. The zero-order chi connectivity index (χ0) is 12.0. The molecule has 0 spiro atoms. The zero-order valence-corrected chi connectivity index (χ0v) is 10.2. The smallest absolute Gasteiger partial charge is 0.233 e. The van der Waals surface area contributed by atoms with Crippen molar-refractivity contribution in [3.8, 4) is 0 Å². The van der Waals surface area contributed by atoms with Gasteiger partial charge in [0.1, 0.15) is 0 Å². The van der Waals surface area contributed by atoms with Crippen LogP contribution in [0.15, 0.2) is 0 Å². The molecular weight excluding hydrogens is 216 g/mol. The van der Waals surface area contributed by atoms with Crippen LogP contribution in [0.2, 0.25) is 0 Å². The van der Waals surface area contributed by atoms with Crippen molar-refractivity contribution in [2.24, 2.45) is 23.0 Å². The van der Waals surface area contributed by atoms with Crippen molar-refractivity contribution >= 4 is 11.8 Å². The summed E-state index contributed by atoms with van der Waals surface area (Å²) in [6.45, 7) is 1.29. The highest BCUT2D eigenvalue weighted by Crippen LogP contribution is 2.51. The molecule has 3 rings (SSSR count). The number of nitrogens with zero attached hydrogens (tertiary/aromatic N) is 1. The van der Waals surface area contributed by atoms with Crippen LogP contribution in [0.5, 0.6) is 0 Å². The Bertz CT molecular complexity index is 340. The second-order valence-electron chi connectivity index (χ2n) is 5.95. The van der Waals surface area contributed by atoms with E-state index < -0.39 is 0 Å². The molecule has 0 aromatic rings. The SMILES string of the molecule is NCCC1(CN2C(=O)C3CCCC3C2=O)CC1. The lowest BCUT2D eigenvalue weighted by Crippen LogP contribution is -2.37. The first-order valence-corrected chi connectivity index (χ1v) is 6.72. The molecule has 17 heavy (non-hydrogen) atoms. The molecule has 0 aromatic heterocycles. The van der Waals surface area contributed by atoms with Crippen LogP contribution in [0, 0.1) is 17.3 Å². The van der Waals surface area contributed by atoms with Gasteiger partial charge in [0, 0.05) is 6.54 Å². The van der Waals surface area contributed by atoms with E-state index in [2.05, 4.69) is 0 Å². The van der Waals surface area contributed by atoms with Crippen molar-refractivity contribution in [3.05, 3.63) is 0 Å². The Labute approximate surface area is 102 Å². The van der Waals surface area contributed by atoms with Crippen LogP contribution in [0.25, 0.3) is 0 Å².